The minimum Gasteiger partial charge on any atom is -0.357 e. The van der Waals surface area contributed by atoms with Crippen LogP contribution < -0.4 is 5.32 Å². The molecule has 3 aromatic carbocycles. The number of nitrogens with one attached hydrogen (secondary N) is 1. The van der Waals surface area contributed by atoms with E-state index >= 15 is 0 Å². The molecular weight excluding hydrogens is 533 g/mol. The number of amides is 2. The molecule has 10 heteroatoms. The molecule has 0 fully saturated rings. The Morgan fingerprint density at radius 1 is 0.919 bits per heavy atom. The van der Waals surface area contributed by atoms with Crippen LogP contribution in [-0.2, 0) is 32.6 Å². The summed E-state index contributed by atoms with van der Waals surface area (Å²) in [6.45, 7) is 1.29. The van der Waals surface area contributed by atoms with Gasteiger partial charge in [-0.2, -0.15) is 4.31 Å². The number of sulfonamides is 1. The number of benzene rings is 3. The lowest BCUT2D eigenvalue weighted by Gasteiger charge is -2.32. The first-order valence-electron chi connectivity index (χ1n) is 11.6. The van der Waals surface area contributed by atoms with Crippen LogP contribution in [0, 0.1) is 6.92 Å². The summed E-state index contributed by atoms with van der Waals surface area (Å²) in [7, 11) is -1.13. The third kappa shape index (κ3) is 7.11. The SMILES string of the molecule is CNC(=O)C(Cc1ccccc1)N(Cc1c(Cl)cccc1Cl)C(=O)CN(C)S(=O)(=O)c1ccc(C)cc1. The fraction of sp³-hybridized carbons (Fsp3) is 0.259. The number of nitrogens with zero attached hydrogens (tertiary/aromatic N) is 2. The van der Waals surface area contributed by atoms with Crippen molar-refractivity contribution >= 4 is 45.0 Å². The summed E-state index contributed by atoms with van der Waals surface area (Å²) in [5.74, 6) is -0.969. The van der Waals surface area contributed by atoms with Crippen molar-refractivity contribution in [2.24, 2.45) is 0 Å². The number of likely N-dealkylation sites (N-methyl/N-ethyl adjacent to an activating group) is 2. The van der Waals surface area contributed by atoms with Gasteiger partial charge in [0.15, 0.2) is 0 Å². The minimum atomic E-state index is -3.95. The summed E-state index contributed by atoms with van der Waals surface area (Å²) >= 11 is 12.8. The van der Waals surface area contributed by atoms with Crippen molar-refractivity contribution in [1.82, 2.24) is 14.5 Å². The molecule has 0 heterocycles. The van der Waals surface area contributed by atoms with E-state index in [1.54, 1.807) is 30.3 Å². The van der Waals surface area contributed by atoms with Crippen molar-refractivity contribution in [3.8, 4) is 0 Å². The monoisotopic (exact) mass is 561 g/mol. The number of hydrogen-bond donors (Lipinski definition) is 1. The van der Waals surface area contributed by atoms with E-state index in [9.17, 15) is 18.0 Å². The van der Waals surface area contributed by atoms with Gasteiger partial charge in [0.05, 0.1) is 11.4 Å². The van der Waals surface area contributed by atoms with Crippen molar-refractivity contribution in [1.29, 1.82) is 0 Å². The lowest BCUT2D eigenvalue weighted by molar-refractivity contribution is -0.141. The average molecular weight is 563 g/mol. The molecule has 1 atom stereocenters. The van der Waals surface area contributed by atoms with Crippen LogP contribution in [0.25, 0.3) is 0 Å². The van der Waals surface area contributed by atoms with Gasteiger partial charge in [0.2, 0.25) is 21.8 Å². The van der Waals surface area contributed by atoms with Gasteiger partial charge in [-0.25, -0.2) is 8.42 Å². The Morgan fingerprint density at radius 2 is 1.51 bits per heavy atom. The number of carbonyl (C=O) groups is 2. The van der Waals surface area contributed by atoms with Crippen LogP contribution in [0.2, 0.25) is 10.0 Å². The Hall–Kier alpha value is -2.91. The summed E-state index contributed by atoms with van der Waals surface area (Å²) in [5, 5.41) is 3.29. The molecule has 0 aliphatic carbocycles. The van der Waals surface area contributed by atoms with Crippen LogP contribution in [0.5, 0.6) is 0 Å². The van der Waals surface area contributed by atoms with Crippen molar-refractivity contribution in [2.75, 3.05) is 20.6 Å². The van der Waals surface area contributed by atoms with Crippen LogP contribution >= 0.6 is 23.2 Å². The lowest BCUT2D eigenvalue weighted by Crippen LogP contribution is -2.52. The Bertz CT molecular complexity index is 1330. The Balaban J connectivity index is 1.98. The number of aryl methyl sites for hydroxylation is 1. The topological polar surface area (TPSA) is 86.8 Å². The lowest BCUT2D eigenvalue weighted by atomic mass is 10.0. The molecule has 0 radical (unpaired) electrons. The second-order valence-corrected chi connectivity index (χ2v) is 11.5. The molecule has 37 heavy (non-hydrogen) atoms. The molecule has 3 rings (SSSR count). The first-order valence-corrected chi connectivity index (χ1v) is 13.7. The molecule has 196 valence electrons. The van der Waals surface area contributed by atoms with Gasteiger partial charge < -0.3 is 10.2 Å². The van der Waals surface area contributed by atoms with Gasteiger partial charge >= 0.3 is 0 Å². The van der Waals surface area contributed by atoms with Crippen molar-refractivity contribution in [3.05, 3.63) is 99.5 Å². The summed E-state index contributed by atoms with van der Waals surface area (Å²) in [6.07, 6.45) is 0.211. The zero-order valence-corrected chi connectivity index (χ0v) is 23.1. The molecule has 0 saturated carbocycles. The Kier molecular flexibility index (Phi) is 9.73. The minimum absolute atomic E-state index is 0.0706. The second kappa shape index (κ2) is 12.6. The highest BCUT2D eigenvalue weighted by atomic mass is 35.5. The predicted octanol–water partition coefficient (Wildman–Crippen LogP) is 4.31. The van der Waals surface area contributed by atoms with E-state index in [4.69, 9.17) is 23.2 Å². The molecule has 7 nitrogen and oxygen atoms in total. The van der Waals surface area contributed by atoms with Gasteiger partial charge in [0, 0.05) is 42.7 Å². The molecule has 1 N–H and O–H groups in total. The maximum atomic E-state index is 13.7. The molecule has 0 aliphatic heterocycles. The molecular formula is C27H29Cl2N3O4S. The number of halogens is 2. The van der Waals surface area contributed by atoms with Crippen LogP contribution in [-0.4, -0.2) is 56.1 Å². The summed E-state index contributed by atoms with van der Waals surface area (Å²) < 4.78 is 27.3. The number of carbonyl (C=O) groups excluding carboxylic acids is 2. The van der Waals surface area contributed by atoms with Gasteiger partial charge in [0.1, 0.15) is 6.04 Å². The quantitative estimate of drug-likeness (QED) is 0.399. The highest BCUT2D eigenvalue weighted by molar-refractivity contribution is 7.89. The van der Waals surface area contributed by atoms with E-state index in [2.05, 4.69) is 5.32 Å². The number of hydrogen-bond acceptors (Lipinski definition) is 4. The van der Waals surface area contributed by atoms with E-state index < -0.39 is 34.4 Å². The van der Waals surface area contributed by atoms with Gasteiger partial charge in [-0.05, 0) is 36.8 Å². The highest BCUT2D eigenvalue weighted by Crippen LogP contribution is 2.27. The van der Waals surface area contributed by atoms with E-state index in [1.807, 2.05) is 37.3 Å². The van der Waals surface area contributed by atoms with E-state index in [0.717, 1.165) is 15.4 Å². The Morgan fingerprint density at radius 3 is 2.08 bits per heavy atom. The molecule has 2 amide bonds. The Labute approximate surface area is 228 Å². The van der Waals surface area contributed by atoms with Crippen molar-refractivity contribution in [2.45, 2.75) is 30.8 Å². The van der Waals surface area contributed by atoms with Crippen LogP contribution in [0.15, 0.2) is 77.7 Å². The first-order chi connectivity index (χ1) is 17.5. The number of rotatable bonds is 10. The van der Waals surface area contributed by atoms with Gasteiger partial charge in [-0.3, -0.25) is 9.59 Å². The average Bonchev–Trinajstić information content (AvgIpc) is 2.87. The van der Waals surface area contributed by atoms with Crippen LogP contribution in [0.1, 0.15) is 16.7 Å². The zero-order chi connectivity index (χ0) is 27.2. The molecule has 3 aromatic rings. The van der Waals surface area contributed by atoms with Crippen LogP contribution in [0.4, 0.5) is 0 Å². The predicted molar refractivity (Wildman–Crippen MR) is 146 cm³/mol. The first kappa shape index (κ1) is 28.7. The normalized spacial score (nSPS) is 12.3. The fourth-order valence-electron chi connectivity index (χ4n) is 3.83. The van der Waals surface area contributed by atoms with Gasteiger partial charge in [-0.1, -0.05) is 77.3 Å². The molecule has 0 aromatic heterocycles. The smallest absolute Gasteiger partial charge is 0.243 e. The molecule has 0 bridgehead atoms. The molecule has 0 saturated heterocycles. The van der Waals surface area contributed by atoms with E-state index in [-0.39, 0.29) is 17.9 Å². The van der Waals surface area contributed by atoms with Crippen molar-refractivity contribution < 1.29 is 18.0 Å². The standard InChI is InChI=1S/C27H29Cl2N3O4S/c1-19-12-14-21(15-13-19)37(35,36)31(3)18-26(33)32(17-22-23(28)10-7-11-24(22)29)25(27(34)30-2)16-20-8-5-4-6-9-20/h4-15,25H,16-18H2,1-3H3,(H,30,34). The summed E-state index contributed by atoms with van der Waals surface area (Å²) in [5.41, 5.74) is 2.21. The fourth-order valence-corrected chi connectivity index (χ4v) is 5.47. The van der Waals surface area contributed by atoms with Crippen LogP contribution in [0.3, 0.4) is 0 Å². The second-order valence-electron chi connectivity index (χ2n) is 8.62. The van der Waals surface area contributed by atoms with Gasteiger partial charge in [-0.15, -0.1) is 0 Å². The van der Waals surface area contributed by atoms with Crippen molar-refractivity contribution in [3.63, 3.8) is 0 Å². The summed E-state index contributed by atoms with van der Waals surface area (Å²) in [6, 6.07) is 19.7. The molecule has 0 aliphatic rings. The highest BCUT2D eigenvalue weighted by Gasteiger charge is 2.33. The third-order valence-electron chi connectivity index (χ3n) is 5.99. The summed E-state index contributed by atoms with van der Waals surface area (Å²) in [4.78, 5) is 28.2. The van der Waals surface area contributed by atoms with Gasteiger partial charge in [0.25, 0.3) is 0 Å². The third-order valence-corrected chi connectivity index (χ3v) is 8.52. The molecule has 0 spiro atoms. The molecule has 1 unspecified atom stereocenters. The maximum absolute atomic E-state index is 13.7. The van der Waals surface area contributed by atoms with E-state index in [0.29, 0.717) is 15.6 Å². The largest absolute Gasteiger partial charge is 0.357 e. The van der Waals surface area contributed by atoms with E-state index in [1.165, 1.54) is 31.1 Å². The maximum Gasteiger partial charge on any atom is 0.243 e. The zero-order valence-electron chi connectivity index (χ0n) is 20.8.